The summed E-state index contributed by atoms with van der Waals surface area (Å²) in [6, 6.07) is 19.0. The number of amides is 2. The van der Waals surface area contributed by atoms with E-state index in [1.54, 1.807) is 17.0 Å². The van der Waals surface area contributed by atoms with Crippen molar-refractivity contribution in [3.63, 3.8) is 0 Å². The number of piperazine rings is 1. The number of hydrogen-bond acceptors (Lipinski definition) is 6. The van der Waals surface area contributed by atoms with Crippen molar-refractivity contribution in [3.05, 3.63) is 83.8 Å². The summed E-state index contributed by atoms with van der Waals surface area (Å²) in [6.07, 6.45) is 1.51. The summed E-state index contributed by atoms with van der Waals surface area (Å²) in [5.74, 6) is 1.39. The Kier molecular flexibility index (Phi) is 6.58. The maximum absolute atomic E-state index is 12.5. The first-order valence-electron chi connectivity index (χ1n) is 11.9. The molecule has 2 aromatic carbocycles. The number of benzene rings is 2. The zero-order valence-corrected chi connectivity index (χ0v) is 20.4. The van der Waals surface area contributed by atoms with Gasteiger partial charge >= 0.3 is 0 Å². The van der Waals surface area contributed by atoms with Gasteiger partial charge in [0.2, 0.25) is 0 Å². The summed E-state index contributed by atoms with van der Waals surface area (Å²) in [6.45, 7) is 6.35. The largest absolute Gasteiger partial charge is 0.481 e. The van der Waals surface area contributed by atoms with Gasteiger partial charge in [-0.05, 0) is 67.4 Å². The minimum Gasteiger partial charge on any atom is -0.481 e. The highest BCUT2D eigenvalue weighted by molar-refractivity contribution is 5.93. The molecule has 8 heteroatoms. The van der Waals surface area contributed by atoms with E-state index in [2.05, 4.69) is 16.3 Å². The summed E-state index contributed by atoms with van der Waals surface area (Å²) in [4.78, 5) is 33.9. The van der Waals surface area contributed by atoms with E-state index in [4.69, 9.17) is 14.1 Å². The Labute approximate surface area is 209 Å². The van der Waals surface area contributed by atoms with Crippen LogP contribution in [0.4, 0.5) is 11.5 Å². The second-order valence-corrected chi connectivity index (χ2v) is 8.97. The Morgan fingerprint density at radius 2 is 1.75 bits per heavy atom. The van der Waals surface area contributed by atoms with E-state index in [0.29, 0.717) is 43.2 Å². The lowest BCUT2D eigenvalue weighted by atomic mass is 10.1. The number of nitrogens with zero attached hydrogens (tertiary/aromatic N) is 3. The number of carbonyl (C=O) groups is 2. The zero-order valence-electron chi connectivity index (χ0n) is 20.4. The minimum atomic E-state index is -0.231. The molecule has 0 unspecified atom stereocenters. The van der Waals surface area contributed by atoms with Crippen LogP contribution in [0.25, 0.3) is 10.9 Å². The molecule has 1 saturated heterocycles. The number of ether oxygens (including phenoxy) is 1. The van der Waals surface area contributed by atoms with Crippen molar-refractivity contribution in [2.24, 2.45) is 0 Å². The van der Waals surface area contributed by atoms with Gasteiger partial charge in [-0.3, -0.25) is 9.59 Å². The predicted molar refractivity (Wildman–Crippen MR) is 139 cm³/mol. The molecule has 1 fully saturated rings. The topological polar surface area (TPSA) is 87.9 Å². The van der Waals surface area contributed by atoms with E-state index in [0.717, 1.165) is 28.0 Å². The summed E-state index contributed by atoms with van der Waals surface area (Å²) in [7, 11) is 0. The van der Waals surface area contributed by atoms with Crippen LogP contribution in [0, 0.1) is 13.8 Å². The smallest absolute Gasteiger partial charge is 0.289 e. The van der Waals surface area contributed by atoms with Crippen molar-refractivity contribution in [1.82, 2.24) is 9.88 Å². The number of fused-ring (bicyclic) bond motifs is 1. The van der Waals surface area contributed by atoms with E-state index in [1.165, 1.54) is 6.26 Å². The van der Waals surface area contributed by atoms with Crippen molar-refractivity contribution >= 4 is 34.2 Å². The van der Waals surface area contributed by atoms with Crippen LogP contribution in [0.3, 0.4) is 0 Å². The van der Waals surface area contributed by atoms with Crippen molar-refractivity contribution < 1.29 is 18.7 Å². The van der Waals surface area contributed by atoms with Gasteiger partial charge in [0.15, 0.2) is 12.4 Å². The van der Waals surface area contributed by atoms with E-state index < -0.39 is 0 Å². The fourth-order valence-electron chi connectivity index (χ4n) is 4.48. The normalized spacial score (nSPS) is 13.6. The monoisotopic (exact) mass is 484 g/mol. The van der Waals surface area contributed by atoms with Gasteiger partial charge in [0.25, 0.3) is 11.8 Å². The third-order valence-electron chi connectivity index (χ3n) is 6.16. The molecule has 184 valence electrons. The third-order valence-corrected chi connectivity index (χ3v) is 6.16. The number of carbonyl (C=O) groups excluding carboxylic acids is 2. The molecule has 0 bridgehead atoms. The fourth-order valence-corrected chi connectivity index (χ4v) is 4.48. The molecule has 0 saturated carbocycles. The first kappa shape index (κ1) is 23.4. The summed E-state index contributed by atoms with van der Waals surface area (Å²) in [5, 5.41) is 3.83. The van der Waals surface area contributed by atoms with Crippen LogP contribution in [0.15, 0.2) is 71.3 Å². The number of anilines is 2. The molecule has 4 aromatic rings. The summed E-state index contributed by atoms with van der Waals surface area (Å²) in [5.41, 5.74) is 3.62. The van der Waals surface area contributed by atoms with Crippen molar-refractivity contribution in [2.75, 3.05) is 43.0 Å². The Hall–Kier alpha value is -4.33. The molecule has 1 aliphatic heterocycles. The molecule has 8 nitrogen and oxygen atoms in total. The molecule has 0 atom stereocenters. The fraction of sp³-hybridized carbons (Fsp3) is 0.250. The second kappa shape index (κ2) is 10.1. The minimum absolute atomic E-state index is 0.0964. The summed E-state index contributed by atoms with van der Waals surface area (Å²) >= 11 is 0. The molecule has 1 aliphatic rings. The Bertz CT molecular complexity index is 1370. The average Bonchev–Trinajstić information content (AvgIpc) is 3.41. The van der Waals surface area contributed by atoms with Gasteiger partial charge in [0, 0.05) is 37.3 Å². The number of nitrogens with one attached hydrogen (secondary N) is 1. The number of hydrogen-bond donors (Lipinski definition) is 1. The summed E-state index contributed by atoms with van der Waals surface area (Å²) < 4.78 is 11.1. The Morgan fingerprint density at radius 1 is 0.972 bits per heavy atom. The third kappa shape index (κ3) is 5.17. The lowest BCUT2D eigenvalue weighted by molar-refractivity contribution is -0.118. The van der Waals surface area contributed by atoms with E-state index in [1.807, 2.05) is 56.3 Å². The lowest BCUT2D eigenvalue weighted by Crippen LogP contribution is -2.49. The van der Waals surface area contributed by atoms with Crippen LogP contribution in [-0.4, -0.2) is 54.5 Å². The Balaban J connectivity index is 1.25. The molecular weight excluding hydrogens is 456 g/mol. The number of rotatable bonds is 6. The van der Waals surface area contributed by atoms with Gasteiger partial charge in [-0.15, -0.1) is 0 Å². The van der Waals surface area contributed by atoms with E-state index in [-0.39, 0.29) is 18.4 Å². The van der Waals surface area contributed by atoms with Crippen molar-refractivity contribution in [1.29, 1.82) is 0 Å². The van der Waals surface area contributed by atoms with Crippen LogP contribution in [0.2, 0.25) is 0 Å². The number of aryl methyl sites for hydroxylation is 2. The zero-order chi connectivity index (χ0) is 25.1. The highest BCUT2D eigenvalue weighted by Gasteiger charge is 2.24. The van der Waals surface area contributed by atoms with Crippen LogP contribution in [-0.2, 0) is 4.79 Å². The SMILES string of the molecule is Cc1cc(C)cc(NC(=O)COc2cccc3ccc(N4CCN(C(=O)c5ccco5)CC4)nc23)c1. The molecular formula is C28H28N4O4. The molecule has 0 aliphatic carbocycles. The van der Waals surface area contributed by atoms with Gasteiger partial charge in [0.1, 0.15) is 17.1 Å². The first-order chi connectivity index (χ1) is 17.5. The van der Waals surface area contributed by atoms with Gasteiger partial charge in [-0.25, -0.2) is 4.98 Å². The van der Waals surface area contributed by atoms with Gasteiger partial charge in [-0.1, -0.05) is 18.2 Å². The van der Waals surface area contributed by atoms with E-state index >= 15 is 0 Å². The number of aromatic nitrogens is 1. The molecule has 36 heavy (non-hydrogen) atoms. The highest BCUT2D eigenvalue weighted by atomic mass is 16.5. The number of pyridine rings is 1. The van der Waals surface area contributed by atoms with Crippen LogP contribution < -0.4 is 15.0 Å². The number of para-hydroxylation sites is 1. The number of furan rings is 1. The van der Waals surface area contributed by atoms with E-state index in [9.17, 15) is 9.59 Å². The highest BCUT2D eigenvalue weighted by Crippen LogP contribution is 2.27. The second-order valence-electron chi connectivity index (χ2n) is 8.97. The molecule has 0 radical (unpaired) electrons. The molecule has 5 rings (SSSR count). The van der Waals surface area contributed by atoms with Crippen LogP contribution in [0.5, 0.6) is 5.75 Å². The first-order valence-corrected chi connectivity index (χ1v) is 11.9. The quantitative estimate of drug-likeness (QED) is 0.436. The van der Waals surface area contributed by atoms with Crippen molar-refractivity contribution in [3.8, 4) is 5.75 Å². The van der Waals surface area contributed by atoms with Crippen molar-refractivity contribution in [2.45, 2.75) is 13.8 Å². The van der Waals surface area contributed by atoms with Gasteiger partial charge in [0.05, 0.1) is 6.26 Å². The molecule has 0 spiro atoms. The molecule has 2 aromatic heterocycles. The Morgan fingerprint density at radius 3 is 2.47 bits per heavy atom. The lowest BCUT2D eigenvalue weighted by Gasteiger charge is -2.35. The molecule has 3 heterocycles. The van der Waals surface area contributed by atoms with Gasteiger partial charge < -0.3 is 24.3 Å². The predicted octanol–water partition coefficient (Wildman–Crippen LogP) is 4.42. The van der Waals surface area contributed by atoms with Crippen LogP contribution >= 0.6 is 0 Å². The standard InChI is InChI=1S/C28H28N4O4/c1-19-15-20(2)17-22(16-19)29-26(33)18-36-23-6-3-5-21-8-9-25(30-27(21)23)31-10-12-32(13-11-31)28(34)24-7-4-14-35-24/h3-9,14-17H,10-13,18H2,1-2H3,(H,29,33). The maximum Gasteiger partial charge on any atom is 0.289 e. The maximum atomic E-state index is 12.5. The van der Waals surface area contributed by atoms with Gasteiger partial charge in [-0.2, -0.15) is 0 Å². The molecule has 2 amide bonds. The average molecular weight is 485 g/mol. The molecule has 1 N–H and O–H groups in total. The van der Waals surface area contributed by atoms with Crippen LogP contribution in [0.1, 0.15) is 21.7 Å².